The molecule has 0 bridgehead atoms. The summed E-state index contributed by atoms with van der Waals surface area (Å²) in [5.74, 6) is -0.296. The van der Waals surface area contributed by atoms with E-state index in [1.807, 2.05) is 0 Å². The Labute approximate surface area is 115 Å². The number of hydrogen-bond acceptors (Lipinski definition) is 4. The van der Waals surface area contributed by atoms with Crippen molar-refractivity contribution in [3.63, 3.8) is 0 Å². The summed E-state index contributed by atoms with van der Waals surface area (Å²) in [6.45, 7) is 2.44. The molecule has 0 aliphatic carbocycles. The maximum absolute atomic E-state index is 12.7. The molecule has 1 aromatic carbocycles. The number of aliphatic carboxylic acids is 1. The van der Waals surface area contributed by atoms with Gasteiger partial charge in [0.25, 0.3) is 0 Å². The molecule has 1 N–H and O–H groups in total. The minimum Gasteiger partial charge on any atom is -0.479 e. The molecule has 6 heteroatoms. The maximum Gasteiger partial charge on any atom is 0.334 e. The van der Waals surface area contributed by atoms with Gasteiger partial charge < -0.3 is 9.84 Å². The van der Waals surface area contributed by atoms with Crippen LogP contribution in [0.5, 0.6) is 0 Å². The van der Waals surface area contributed by atoms with Gasteiger partial charge >= 0.3 is 5.97 Å². The molecule has 1 fully saturated rings. The summed E-state index contributed by atoms with van der Waals surface area (Å²) < 4.78 is 17.9. The van der Waals surface area contributed by atoms with Crippen molar-refractivity contribution in [2.75, 3.05) is 32.0 Å². The largest absolute Gasteiger partial charge is 0.479 e. The molecular formula is C13H16FNO3S. The van der Waals surface area contributed by atoms with E-state index in [1.54, 1.807) is 23.9 Å². The van der Waals surface area contributed by atoms with Crippen molar-refractivity contribution in [2.24, 2.45) is 0 Å². The van der Waals surface area contributed by atoms with E-state index >= 15 is 0 Å². The number of ether oxygens (including phenoxy) is 1. The van der Waals surface area contributed by atoms with Gasteiger partial charge in [0, 0.05) is 30.3 Å². The van der Waals surface area contributed by atoms with E-state index < -0.39 is 12.1 Å². The normalized spacial score (nSPS) is 20.4. The minimum atomic E-state index is -0.907. The van der Waals surface area contributed by atoms with Crippen LogP contribution in [0.4, 0.5) is 4.39 Å². The number of benzene rings is 1. The van der Waals surface area contributed by atoms with Crippen molar-refractivity contribution < 1.29 is 19.0 Å². The van der Waals surface area contributed by atoms with Gasteiger partial charge in [0.2, 0.25) is 0 Å². The number of hydrogen-bond donors (Lipinski definition) is 1. The first-order valence-electron chi connectivity index (χ1n) is 6.10. The van der Waals surface area contributed by atoms with E-state index in [9.17, 15) is 9.18 Å². The van der Waals surface area contributed by atoms with E-state index in [4.69, 9.17) is 9.84 Å². The fourth-order valence-corrected chi connectivity index (χ4v) is 2.79. The topological polar surface area (TPSA) is 49.8 Å². The van der Waals surface area contributed by atoms with Crippen molar-refractivity contribution in [3.8, 4) is 0 Å². The molecule has 1 aromatic rings. The van der Waals surface area contributed by atoms with Gasteiger partial charge in [0.15, 0.2) is 6.10 Å². The molecule has 1 heterocycles. The Bertz CT molecular complexity index is 426. The van der Waals surface area contributed by atoms with E-state index in [-0.39, 0.29) is 5.82 Å². The highest BCUT2D eigenvalue weighted by Crippen LogP contribution is 2.18. The maximum atomic E-state index is 12.7. The highest BCUT2D eigenvalue weighted by molar-refractivity contribution is 7.99. The Balaban J connectivity index is 1.73. The lowest BCUT2D eigenvalue weighted by Gasteiger charge is -2.30. The first-order chi connectivity index (χ1) is 9.15. The van der Waals surface area contributed by atoms with Gasteiger partial charge in [0.1, 0.15) is 5.82 Å². The minimum absolute atomic E-state index is 0.234. The van der Waals surface area contributed by atoms with E-state index in [2.05, 4.69) is 4.90 Å². The molecule has 0 amide bonds. The quantitative estimate of drug-likeness (QED) is 0.835. The molecule has 4 nitrogen and oxygen atoms in total. The summed E-state index contributed by atoms with van der Waals surface area (Å²) in [4.78, 5) is 13.9. The first-order valence-corrected chi connectivity index (χ1v) is 7.09. The number of carbonyl (C=O) groups is 1. The summed E-state index contributed by atoms with van der Waals surface area (Å²) in [5, 5.41) is 8.89. The summed E-state index contributed by atoms with van der Waals surface area (Å²) >= 11 is 1.64. The lowest BCUT2D eigenvalue weighted by atomic mass is 10.3. The van der Waals surface area contributed by atoms with Crippen LogP contribution in [0.2, 0.25) is 0 Å². The average molecular weight is 285 g/mol. The van der Waals surface area contributed by atoms with Gasteiger partial charge in [-0.3, -0.25) is 4.90 Å². The third kappa shape index (κ3) is 4.49. The number of nitrogens with zero attached hydrogens (tertiary/aromatic N) is 1. The molecule has 19 heavy (non-hydrogen) atoms. The van der Waals surface area contributed by atoms with Crippen molar-refractivity contribution >= 4 is 17.7 Å². The molecule has 0 saturated carbocycles. The molecule has 0 radical (unpaired) electrons. The third-order valence-corrected chi connectivity index (χ3v) is 3.91. The van der Waals surface area contributed by atoms with Gasteiger partial charge in [-0.1, -0.05) is 0 Å². The predicted molar refractivity (Wildman–Crippen MR) is 70.9 cm³/mol. The third-order valence-electron chi connectivity index (χ3n) is 2.92. The average Bonchev–Trinajstić information content (AvgIpc) is 2.41. The Morgan fingerprint density at radius 1 is 1.47 bits per heavy atom. The molecule has 1 aliphatic rings. The summed E-state index contributed by atoms with van der Waals surface area (Å²) in [6.07, 6.45) is -0.718. The highest BCUT2D eigenvalue weighted by Gasteiger charge is 2.25. The summed E-state index contributed by atoms with van der Waals surface area (Å²) in [7, 11) is 0. The fraction of sp³-hybridized carbons (Fsp3) is 0.462. The van der Waals surface area contributed by atoms with Crippen LogP contribution in [0.15, 0.2) is 29.2 Å². The Hall–Kier alpha value is -1.11. The molecule has 1 saturated heterocycles. The second kappa shape index (κ2) is 6.88. The Morgan fingerprint density at radius 2 is 2.21 bits per heavy atom. The van der Waals surface area contributed by atoms with Gasteiger partial charge in [-0.05, 0) is 24.3 Å². The SMILES string of the molecule is O=C(O)C1CN(CCSc2ccc(F)cc2)CCO1. The first kappa shape index (κ1) is 14.3. The zero-order valence-corrected chi connectivity index (χ0v) is 11.2. The van der Waals surface area contributed by atoms with Gasteiger partial charge in [-0.25, -0.2) is 9.18 Å². The number of carboxylic acid groups (broad SMARTS) is 1. The van der Waals surface area contributed by atoms with Crippen LogP contribution in [0.3, 0.4) is 0 Å². The van der Waals surface area contributed by atoms with Crippen LogP contribution in [-0.2, 0) is 9.53 Å². The van der Waals surface area contributed by atoms with Crippen LogP contribution in [0.1, 0.15) is 0 Å². The molecule has 1 unspecified atom stereocenters. The van der Waals surface area contributed by atoms with Crippen LogP contribution >= 0.6 is 11.8 Å². The van der Waals surface area contributed by atoms with Gasteiger partial charge in [-0.2, -0.15) is 0 Å². The fourth-order valence-electron chi connectivity index (χ4n) is 1.88. The van der Waals surface area contributed by atoms with E-state index in [1.165, 1.54) is 12.1 Å². The summed E-state index contributed by atoms with van der Waals surface area (Å²) in [5.41, 5.74) is 0. The number of carboxylic acids is 1. The lowest BCUT2D eigenvalue weighted by molar-refractivity contribution is -0.155. The number of halogens is 1. The standard InChI is InChI=1S/C13H16FNO3S/c14-10-1-3-11(4-2-10)19-8-6-15-5-7-18-12(9-15)13(16)17/h1-4,12H,5-9H2,(H,16,17). The van der Waals surface area contributed by atoms with Crippen molar-refractivity contribution in [3.05, 3.63) is 30.1 Å². The van der Waals surface area contributed by atoms with Crippen molar-refractivity contribution in [2.45, 2.75) is 11.0 Å². The van der Waals surface area contributed by atoms with Gasteiger partial charge in [-0.15, -0.1) is 11.8 Å². The van der Waals surface area contributed by atoms with Crippen LogP contribution in [0.25, 0.3) is 0 Å². The lowest BCUT2D eigenvalue weighted by Crippen LogP contribution is -2.46. The summed E-state index contributed by atoms with van der Waals surface area (Å²) in [6, 6.07) is 6.38. The van der Waals surface area contributed by atoms with Crippen molar-refractivity contribution in [1.82, 2.24) is 4.90 Å². The van der Waals surface area contributed by atoms with E-state index in [0.717, 1.165) is 23.7 Å². The number of thioether (sulfide) groups is 1. The van der Waals surface area contributed by atoms with Crippen LogP contribution < -0.4 is 0 Å². The molecule has 1 atom stereocenters. The highest BCUT2D eigenvalue weighted by atomic mass is 32.2. The smallest absolute Gasteiger partial charge is 0.334 e. The molecule has 0 aromatic heterocycles. The zero-order chi connectivity index (χ0) is 13.7. The molecule has 2 rings (SSSR count). The zero-order valence-electron chi connectivity index (χ0n) is 10.4. The number of morpholine rings is 1. The predicted octanol–water partition coefficient (Wildman–Crippen LogP) is 1.70. The Morgan fingerprint density at radius 3 is 2.89 bits per heavy atom. The second-order valence-electron chi connectivity index (χ2n) is 4.30. The van der Waals surface area contributed by atoms with Crippen LogP contribution in [0, 0.1) is 5.82 Å². The molecule has 0 spiro atoms. The molecular weight excluding hydrogens is 269 g/mol. The van der Waals surface area contributed by atoms with Crippen LogP contribution in [-0.4, -0.2) is 54.1 Å². The molecule has 104 valence electrons. The number of rotatable bonds is 5. The van der Waals surface area contributed by atoms with Gasteiger partial charge in [0.05, 0.1) is 6.61 Å². The monoisotopic (exact) mass is 285 g/mol. The second-order valence-corrected chi connectivity index (χ2v) is 5.47. The van der Waals surface area contributed by atoms with Crippen molar-refractivity contribution in [1.29, 1.82) is 0 Å². The molecule has 1 aliphatic heterocycles. The Kier molecular flexibility index (Phi) is 5.18. The van der Waals surface area contributed by atoms with E-state index in [0.29, 0.717) is 13.2 Å².